The molecule has 0 bridgehead atoms. The maximum absolute atomic E-state index is 12.3. The van der Waals surface area contributed by atoms with Gasteiger partial charge in [0.2, 0.25) is 11.4 Å². The van der Waals surface area contributed by atoms with Crippen LogP contribution in [0.15, 0.2) is 41.3 Å². The van der Waals surface area contributed by atoms with Gasteiger partial charge in [-0.25, -0.2) is 0 Å². The second-order valence-electron chi connectivity index (χ2n) is 4.95. The number of aromatic nitrogens is 1. The maximum atomic E-state index is 12.3. The van der Waals surface area contributed by atoms with Gasteiger partial charge in [-0.3, -0.25) is 0 Å². The van der Waals surface area contributed by atoms with Gasteiger partial charge in [-0.2, -0.15) is 8.42 Å². The van der Waals surface area contributed by atoms with Gasteiger partial charge in [0.15, 0.2) is 0 Å². The van der Waals surface area contributed by atoms with E-state index in [0.29, 0.717) is 0 Å². The van der Waals surface area contributed by atoms with Crippen LogP contribution in [0.3, 0.4) is 0 Å². The van der Waals surface area contributed by atoms with E-state index in [0.717, 1.165) is 22.5 Å². The predicted octanol–water partition coefficient (Wildman–Crippen LogP) is 2.03. The van der Waals surface area contributed by atoms with Crippen molar-refractivity contribution < 1.29 is 17.4 Å². The number of pyridine rings is 1. The second-order valence-corrected chi connectivity index (χ2v) is 6.48. The summed E-state index contributed by atoms with van der Waals surface area (Å²) in [5, 5.41) is 0. The lowest BCUT2D eigenvalue weighted by atomic mass is 10.2. The molecule has 20 heavy (non-hydrogen) atoms. The van der Waals surface area contributed by atoms with Crippen LogP contribution in [0.4, 0.5) is 0 Å². The summed E-state index contributed by atoms with van der Waals surface area (Å²) in [6.45, 7) is 7.48. The van der Waals surface area contributed by atoms with E-state index in [1.54, 1.807) is 24.3 Å². The summed E-state index contributed by atoms with van der Waals surface area (Å²) >= 11 is 0. The minimum Gasteiger partial charge on any atom is -0.176 e. The van der Waals surface area contributed by atoms with Gasteiger partial charge in [-0.05, 0) is 31.5 Å². The van der Waals surface area contributed by atoms with E-state index in [1.165, 1.54) is 4.73 Å². The highest BCUT2D eigenvalue weighted by molar-refractivity contribution is 7.86. The smallest absolute Gasteiger partial charge is 0.176 e. The zero-order valence-electron chi connectivity index (χ0n) is 12.0. The Morgan fingerprint density at radius 1 is 0.850 bits per heavy atom. The van der Waals surface area contributed by atoms with Gasteiger partial charge >= 0.3 is 10.1 Å². The molecule has 0 N–H and O–H groups in total. The molecule has 0 amide bonds. The third kappa shape index (κ3) is 2.99. The zero-order valence-corrected chi connectivity index (χ0v) is 12.9. The molecule has 2 aromatic rings. The standard InChI is InChI=1S/C15H18NO3S/c1-11-5-7-15(8-6-11)20(17,18)19-16-13(3)9-12(2)10-14(16)4/h5-10H,1-4H3/q+1. The predicted molar refractivity (Wildman–Crippen MR) is 75.8 cm³/mol. The van der Waals surface area contributed by atoms with Crippen LogP contribution >= 0.6 is 0 Å². The topological polar surface area (TPSA) is 47.3 Å². The normalized spacial score (nSPS) is 11.4. The third-order valence-corrected chi connectivity index (χ3v) is 4.19. The van der Waals surface area contributed by atoms with Crippen molar-refractivity contribution in [2.75, 3.05) is 0 Å². The van der Waals surface area contributed by atoms with E-state index in [-0.39, 0.29) is 4.90 Å². The molecule has 1 aromatic carbocycles. The highest BCUT2D eigenvalue weighted by Crippen LogP contribution is 2.11. The van der Waals surface area contributed by atoms with E-state index in [4.69, 9.17) is 4.28 Å². The molecule has 0 saturated heterocycles. The van der Waals surface area contributed by atoms with Gasteiger partial charge in [-0.1, -0.05) is 17.7 Å². The average molecular weight is 292 g/mol. The SMILES string of the molecule is Cc1ccc(S(=O)(=O)O[n+]2c(C)cc(C)cc2C)cc1. The van der Waals surface area contributed by atoms with Crippen molar-refractivity contribution in [1.82, 2.24) is 0 Å². The highest BCUT2D eigenvalue weighted by atomic mass is 32.2. The fraction of sp³-hybridized carbons (Fsp3) is 0.267. The lowest BCUT2D eigenvalue weighted by Gasteiger charge is -2.05. The molecule has 1 aromatic heterocycles. The Morgan fingerprint density at radius 2 is 1.35 bits per heavy atom. The molecule has 0 aliphatic heterocycles. The van der Waals surface area contributed by atoms with Crippen LogP contribution in [-0.2, 0) is 10.1 Å². The Kier molecular flexibility index (Phi) is 3.81. The highest BCUT2D eigenvalue weighted by Gasteiger charge is 2.25. The lowest BCUT2D eigenvalue weighted by Crippen LogP contribution is -2.50. The molecule has 4 nitrogen and oxygen atoms in total. The molecule has 2 rings (SSSR count). The van der Waals surface area contributed by atoms with Crippen LogP contribution in [0.2, 0.25) is 0 Å². The van der Waals surface area contributed by atoms with Crippen molar-refractivity contribution in [2.45, 2.75) is 32.6 Å². The molecule has 0 fully saturated rings. The number of nitrogens with zero attached hydrogens (tertiary/aromatic N) is 1. The van der Waals surface area contributed by atoms with Crippen molar-refractivity contribution >= 4 is 10.1 Å². The van der Waals surface area contributed by atoms with Gasteiger partial charge in [0.05, 0.1) is 0 Å². The van der Waals surface area contributed by atoms with Crippen molar-refractivity contribution in [3.05, 3.63) is 58.9 Å². The Balaban J connectivity index is 2.41. The summed E-state index contributed by atoms with van der Waals surface area (Å²) in [6.07, 6.45) is 0. The maximum Gasteiger partial charge on any atom is 0.396 e. The van der Waals surface area contributed by atoms with Gasteiger partial charge in [-0.15, -0.1) is 4.28 Å². The van der Waals surface area contributed by atoms with Crippen LogP contribution in [-0.4, -0.2) is 8.42 Å². The first-order valence-electron chi connectivity index (χ1n) is 6.31. The molecule has 0 saturated carbocycles. The molecule has 106 valence electrons. The van der Waals surface area contributed by atoms with E-state index in [2.05, 4.69) is 0 Å². The second kappa shape index (κ2) is 5.25. The Morgan fingerprint density at radius 3 is 1.85 bits per heavy atom. The molecule has 0 aliphatic carbocycles. The van der Waals surface area contributed by atoms with Gasteiger partial charge in [0.1, 0.15) is 4.90 Å². The summed E-state index contributed by atoms with van der Waals surface area (Å²) in [6, 6.07) is 10.3. The molecule has 0 aliphatic rings. The van der Waals surface area contributed by atoms with Crippen LogP contribution < -0.4 is 9.01 Å². The van der Waals surface area contributed by atoms with Crippen molar-refractivity contribution in [3.8, 4) is 0 Å². The molecule has 0 radical (unpaired) electrons. The van der Waals surface area contributed by atoms with Crippen molar-refractivity contribution in [1.29, 1.82) is 0 Å². The Hall–Kier alpha value is -1.88. The van der Waals surface area contributed by atoms with Crippen LogP contribution in [0, 0.1) is 27.7 Å². The van der Waals surface area contributed by atoms with Crippen molar-refractivity contribution in [2.24, 2.45) is 0 Å². The first-order valence-corrected chi connectivity index (χ1v) is 7.72. The van der Waals surface area contributed by atoms with Gasteiger partial charge in [0.25, 0.3) is 0 Å². The Labute approximate surface area is 119 Å². The average Bonchev–Trinajstić information content (AvgIpc) is 2.34. The monoisotopic (exact) mass is 292 g/mol. The number of hydrogen-bond donors (Lipinski definition) is 0. The molecule has 1 heterocycles. The minimum absolute atomic E-state index is 0.148. The summed E-state index contributed by atoms with van der Waals surface area (Å²) < 4.78 is 31.1. The van der Waals surface area contributed by atoms with Crippen molar-refractivity contribution in [3.63, 3.8) is 0 Å². The number of benzene rings is 1. The lowest BCUT2D eigenvalue weighted by molar-refractivity contribution is -0.865. The summed E-state index contributed by atoms with van der Waals surface area (Å²) in [7, 11) is -3.82. The molecule has 0 atom stereocenters. The van der Waals surface area contributed by atoms with E-state index in [9.17, 15) is 8.42 Å². The van der Waals surface area contributed by atoms with E-state index in [1.807, 2.05) is 39.8 Å². The fourth-order valence-corrected chi connectivity index (χ4v) is 3.05. The first kappa shape index (κ1) is 14.5. The summed E-state index contributed by atoms with van der Waals surface area (Å²) in [4.78, 5) is 0.148. The quantitative estimate of drug-likeness (QED) is 0.813. The number of hydrogen-bond acceptors (Lipinski definition) is 3. The molecule has 0 spiro atoms. The Bertz CT molecular complexity index is 711. The van der Waals surface area contributed by atoms with Crippen LogP contribution in [0.5, 0.6) is 0 Å². The fourth-order valence-electron chi connectivity index (χ4n) is 2.06. The third-order valence-electron chi connectivity index (χ3n) is 3.00. The van der Waals surface area contributed by atoms with Crippen LogP contribution in [0.1, 0.15) is 22.5 Å². The largest absolute Gasteiger partial charge is 0.396 e. The van der Waals surface area contributed by atoms with E-state index >= 15 is 0 Å². The summed E-state index contributed by atoms with van der Waals surface area (Å²) in [5.41, 5.74) is 3.53. The van der Waals surface area contributed by atoms with E-state index < -0.39 is 10.1 Å². The zero-order chi connectivity index (χ0) is 14.9. The van der Waals surface area contributed by atoms with Gasteiger partial charge < -0.3 is 0 Å². The molecular formula is C15H18NO3S+. The number of aryl methyl sites for hydroxylation is 4. The van der Waals surface area contributed by atoms with Crippen LogP contribution in [0.25, 0.3) is 0 Å². The molecular weight excluding hydrogens is 274 g/mol. The first-order chi connectivity index (χ1) is 9.29. The van der Waals surface area contributed by atoms with Gasteiger partial charge in [0, 0.05) is 30.7 Å². The molecule has 0 unspecified atom stereocenters. The minimum atomic E-state index is -3.82. The molecule has 5 heteroatoms. The summed E-state index contributed by atoms with van der Waals surface area (Å²) in [5.74, 6) is 0. The number of rotatable bonds is 3.